The molecule has 1 aromatic rings. The first-order valence-corrected chi connectivity index (χ1v) is 9.33. The van der Waals surface area contributed by atoms with E-state index in [9.17, 15) is 0 Å². The van der Waals surface area contributed by atoms with Crippen LogP contribution in [0.5, 0.6) is 0 Å². The molecule has 1 aromatic heterocycles. The number of aromatic nitrogens is 2. The predicted octanol–water partition coefficient (Wildman–Crippen LogP) is 1.26. The van der Waals surface area contributed by atoms with Crippen molar-refractivity contribution in [1.82, 2.24) is 19.9 Å². The Labute approximate surface area is 143 Å². The van der Waals surface area contributed by atoms with Gasteiger partial charge < -0.3 is 14.0 Å². The molecule has 0 aromatic carbocycles. The summed E-state index contributed by atoms with van der Waals surface area (Å²) in [4.78, 5) is 9.64. The van der Waals surface area contributed by atoms with Crippen molar-refractivity contribution in [2.45, 2.75) is 44.2 Å². The molecule has 0 amide bonds. The predicted molar refractivity (Wildman–Crippen MR) is 87.8 cm³/mol. The van der Waals surface area contributed by atoms with Gasteiger partial charge in [0.05, 0.1) is 25.7 Å². The minimum absolute atomic E-state index is 0.382. The van der Waals surface area contributed by atoms with Gasteiger partial charge in [-0.3, -0.25) is 9.80 Å². The van der Waals surface area contributed by atoms with Crippen LogP contribution in [0.2, 0.25) is 0 Å². The van der Waals surface area contributed by atoms with Gasteiger partial charge in [0.1, 0.15) is 0 Å². The first-order valence-electron chi connectivity index (χ1n) is 9.33. The lowest BCUT2D eigenvalue weighted by molar-refractivity contribution is 0.0221. The molecule has 7 heteroatoms. The van der Waals surface area contributed by atoms with E-state index in [1.165, 1.54) is 13.0 Å². The largest absolute Gasteiger partial charge is 0.381 e. The fraction of sp³-hybridized carbons (Fsp3) is 0.882. The summed E-state index contributed by atoms with van der Waals surface area (Å²) < 4.78 is 16.5. The van der Waals surface area contributed by atoms with Crippen LogP contribution in [-0.2, 0) is 16.0 Å². The molecule has 3 aliphatic heterocycles. The Kier molecular flexibility index (Phi) is 5.42. The Hall–Kier alpha value is -1.02. The van der Waals surface area contributed by atoms with Crippen LogP contribution in [0.25, 0.3) is 0 Å². The standard InChI is InChI=1S/C17H28N4O3/c1-2-14(12-21(5-1)15-3-8-22-9-4-15)17-18-16(19-24-17)13-20-6-10-23-11-7-20/h14-15H,1-13H2. The summed E-state index contributed by atoms with van der Waals surface area (Å²) >= 11 is 0. The molecule has 1 unspecified atom stereocenters. The number of piperidine rings is 1. The molecule has 4 rings (SSSR count). The normalized spacial score (nSPS) is 28.2. The number of hydrogen-bond donors (Lipinski definition) is 0. The van der Waals surface area contributed by atoms with E-state index in [0.717, 1.165) is 83.6 Å². The van der Waals surface area contributed by atoms with Gasteiger partial charge >= 0.3 is 0 Å². The molecule has 3 fully saturated rings. The molecular formula is C17H28N4O3. The molecule has 0 spiro atoms. The summed E-state index contributed by atoms with van der Waals surface area (Å²) in [7, 11) is 0. The van der Waals surface area contributed by atoms with E-state index in [2.05, 4.69) is 15.0 Å². The maximum atomic E-state index is 5.61. The van der Waals surface area contributed by atoms with Crippen molar-refractivity contribution in [3.05, 3.63) is 11.7 Å². The van der Waals surface area contributed by atoms with Gasteiger partial charge in [-0.2, -0.15) is 4.98 Å². The number of rotatable bonds is 4. The van der Waals surface area contributed by atoms with Gasteiger partial charge in [-0.05, 0) is 32.2 Å². The zero-order chi connectivity index (χ0) is 16.2. The zero-order valence-electron chi connectivity index (χ0n) is 14.4. The Morgan fingerprint density at radius 3 is 2.58 bits per heavy atom. The van der Waals surface area contributed by atoms with Gasteiger partial charge in [-0.25, -0.2) is 0 Å². The van der Waals surface area contributed by atoms with Crippen molar-refractivity contribution in [3.8, 4) is 0 Å². The molecule has 3 aliphatic rings. The smallest absolute Gasteiger partial charge is 0.231 e. The molecule has 0 aliphatic carbocycles. The first-order chi connectivity index (χ1) is 11.9. The second kappa shape index (κ2) is 7.91. The number of likely N-dealkylation sites (tertiary alicyclic amines) is 1. The summed E-state index contributed by atoms with van der Waals surface area (Å²) in [5.74, 6) is 2.03. The minimum Gasteiger partial charge on any atom is -0.381 e. The van der Waals surface area contributed by atoms with Crippen molar-refractivity contribution in [2.75, 3.05) is 52.6 Å². The molecule has 7 nitrogen and oxygen atoms in total. The molecule has 0 bridgehead atoms. The third-order valence-electron chi connectivity index (χ3n) is 5.46. The SMILES string of the molecule is C1CC(c2nc(CN3CCOCC3)no2)CN(C2CCOCC2)C1. The topological polar surface area (TPSA) is 63.9 Å². The Balaban J connectivity index is 1.34. The first kappa shape index (κ1) is 16.4. The number of hydrogen-bond acceptors (Lipinski definition) is 7. The molecule has 4 heterocycles. The third kappa shape index (κ3) is 3.96. The van der Waals surface area contributed by atoms with Crippen LogP contribution in [0.1, 0.15) is 43.3 Å². The molecule has 0 radical (unpaired) electrons. The van der Waals surface area contributed by atoms with Crippen molar-refractivity contribution in [2.24, 2.45) is 0 Å². The van der Waals surface area contributed by atoms with Crippen LogP contribution in [0.4, 0.5) is 0 Å². The van der Waals surface area contributed by atoms with Crippen molar-refractivity contribution < 1.29 is 14.0 Å². The molecule has 3 saturated heterocycles. The third-order valence-corrected chi connectivity index (χ3v) is 5.46. The van der Waals surface area contributed by atoms with E-state index in [0.29, 0.717) is 12.0 Å². The van der Waals surface area contributed by atoms with E-state index in [1.54, 1.807) is 0 Å². The molecule has 134 valence electrons. The van der Waals surface area contributed by atoms with Crippen molar-refractivity contribution in [1.29, 1.82) is 0 Å². The lowest BCUT2D eigenvalue weighted by Crippen LogP contribution is -2.44. The van der Waals surface area contributed by atoms with Crippen molar-refractivity contribution in [3.63, 3.8) is 0 Å². The number of morpholine rings is 1. The second-order valence-corrected chi connectivity index (χ2v) is 7.11. The van der Waals surface area contributed by atoms with Gasteiger partial charge in [0, 0.05) is 38.9 Å². The second-order valence-electron chi connectivity index (χ2n) is 7.11. The van der Waals surface area contributed by atoms with E-state index in [-0.39, 0.29) is 0 Å². The van der Waals surface area contributed by atoms with E-state index in [1.807, 2.05) is 0 Å². The molecule has 1 atom stereocenters. The van der Waals surface area contributed by atoms with Gasteiger partial charge in [0.25, 0.3) is 0 Å². The number of nitrogens with zero attached hydrogens (tertiary/aromatic N) is 4. The van der Waals surface area contributed by atoms with Crippen LogP contribution in [-0.4, -0.2) is 78.6 Å². The summed E-state index contributed by atoms with van der Waals surface area (Å²) in [6.07, 6.45) is 4.67. The van der Waals surface area contributed by atoms with Crippen LogP contribution in [0, 0.1) is 0 Å². The fourth-order valence-electron chi connectivity index (χ4n) is 4.05. The minimum atomic E-state index is 0.382. The summed E-state index contributed by atoms with van der Waals surface area (Å²) in [6, 6.07) is 0.664. The molecular weight excluding hydrogens is 308 g/mol. The maximum absolute atomic E-state index is 5.61. The Morgan fingerprint density at radius 1 is 0.958 bits per heavy atom. The molecule has 0 N–H and O–H groups in total. The number of ether oxygens (including phenoxy) is 2. The quantitative estimate of drug-likeness (QED) is 0.820. The van der Waals surface area contributed by atoms with Crippen LogP contribution in [0.15, 0.2) is 4.52 Å². The summed E-state index contributed by atoms with van der Waals surface area (Å²) in [6.45, 7) is 8.30. The summed E-state index contributed by atoms with van der Waals surface area (Å²) in [5.41, 5.74) is 0. The van der Waals surface area contributed by atoms with Crippen LogP contribution < -0.4 is 0 Å². The maximum Gasteiger partial charge on any atom is 0.231 e. The highest BCUT2D eigenvalue weighted by atomic mass is 16.5. The highest BCUT2D eigenvalue weighted by Gasteiger charge is 2.30. The lowest BCUT2D eigenvalue weighted by Gasteiger charge is -2.38. The molecule has 24 heavy (non-hydrogen) atoms. The summed E-state index contributed by atoms with van der Waals surface area (Å²) in [5, 5.41) is 4.22. The van der Waals surface area contributed by atoms with E-state index < -0.39 is 0 Å². The monoisotopic (exact) mass is 336 g/mol. The van der Waals surface area contributed by atoms with E-state index in [4.69, 9.17) is 19.0 Å². The van der Waals surface area contributed by atoms with Gasteiger partial charge in [-0.1, -0.05) is 5.16 Å². The molecule has 0 saturated carbocycles. The average Bonchev–Trinajstić information content (AvgIpc) is 3.12. The van der Waals surface area contributed by atoms with Crippen molar-refractivity contribution >= 4 is 0 Å². The lowest BCUT2D eigenvalue weighted by atomic mass is 9.95. The van der Waals surface area contributed by atoms with Gasteiger partial charge in [0.15, 0.2) is 5.82 Å². The zero-order valence-corrected chi connectivity index (χ0v) is 14.4. The van der Waals surface area contributed by atoms with Crippen LogP contribution in [0.3, 0.4) is 0 Å². The van der Waals surface area contributed by atoms with Gasteiger partial charge in [-0.15, -0.1) is 0 Å². The Bertz CT molecular complexity index is 512. The van der Waals surface area contributed by atoms with Crippen LogP contribution >= 0.6 is 0 Å². The highest BCUT2D eigenvalue weighted by molar-refractivity contribution is 4.98. The van der Waals surface area contributed by atoms with Gasteiger partial charge in [0.2, 0.25) is 5.89 Å². The van der Waals surface area contributed by atoms with E-state index >= 15 is 0 Å². The Morgan fingerprint density at radius 2 is 1.75 bits per heavy atom. The highest BCUT2D eigenvalue weighted by Crippen LogP contribution is 2.29. The fourth-order valence-corrected chi connectivity index (χ4v) is 4.05. The average molecular weight is 336 g/mol.